The predicted octanol–water partition coefficient (Wildman–Crippen LogP) is 3.19. The third-order valence-electron chi connectivity index (χ3n) is 4.92. The van der Waals surface area contributed by atoms with Crippen molar-refractivity contribution < 1.29 is 19.1 Å². The van der Waals surface area contributed by atoms with Gasteiger partial charge in [0.1, 0.15) is 5.82 Å². The molecule has 1 aliphatic rings. The second-order valence-electron chi connectivity index (χ2n) is 6.79. The molecule has 1 amide bonds. The standard InChI is InChI=1S/C21H24FN3O3/c1-2-20(26)23-19-8-7-16(13-17(19)21(27)28)25-11-9-24(10-12-25)14-15-5-3-4-6-18(15)22/h3-8,13H,2,9-12,14H2,1H3,(H,23,26)(H,27,28). The van der Waals surface area contributed by atoms with Crippen molar-refractivity contribution in [3.8, 4) is 0 Å². The fourth-order valence-corrected chi connectivity index (χ4v) is 3.29. The van der Waals surface area contributed by atoms with Crippen molar-refractivity contribution in [2.24, 2.45) is 0 Å². The van der Waals surface area contributed by atoms with Gasteiger partial charge in [0.15, 0.2) is 0 Å². The Morgan fingerprint density at radius 2 is 1.82 bits per heavy atom. The summed E-state index contributed by atoms with van der Waals surface area (Å²) in [7, 11) is 0. The maximum Gasteiger partial charge on any atom is 0.337 e. The Bertz CT molecular complexity index is 864. The Kier molecular flexibility index (Phi) is 6.26. The highest BCUT2D eigenvalue weighted by molar-refractivity contribution is 6.01. The number of carbonyl (C=O) groups is 2. The van der Waals surface area contributed by atoms with Gasteiger partial charge in [-0.25, -0.2) is 9.18 Å². The van der Waals surface area contributed by atoms with Gasteiger partial charge < -0.3 is 15.3 Å². The molecule has 0 aromatic heterocycles. The van der Waals surface area contributed by atoms with Crippen LogP contribution in [-0.2, 0) is 11.3 Å². The molecule has 2 aromatic rings. The normalized spacial score (nSPS) is 14.7. The number of anilines is 2. The first kappa shape index (κ1) is 19.8. The Balaban J connectivity index is 1.66. The largest absolute Gasteiger partial charge is 0.478 e. The number of benzene rings is 2. The van der Waals surface area contributed by atoms with E-state index in [0.29, 0.717) is 30.9 Å². The Hall–Kier alpha value is -2.93. The van der Waals surface area contributed by atoms with Gasteiger partial charge in [-0.3, -0.25) is 9.69 Å². The van der Waals surface area contributed by atoms with Crippen molar-refractivity contribution in [1.29, 1.82) is 0 Å². The van der Waals surface area contributed by atoms with E-state index in [-0.39, 0.29) is 23.7 Å². The maximum atomic E-state index is 13.8. The molecule has 7 heteroatoms. The number of carbonyl (C=O) groups excluding carboxylic acids is 1. The van der Waals surface area contributed by atoms with Crippen LogP contribution in [0.2, 0.25) is 0 Å². The zero-order valence-corrected chi connectivity index (χ0v) is 15.8. The molecule has 2 N–H and O–H groups in total. The Morgan fingerprint density at radius 3 is 2.46 bits per heavy atom. The second-order valence-corrected chi connectivity index (χ2v) is 6.79. The van der Waals surface area contributed by atoms with Crippen LogP contribution in [0.1, 0.15) is 29.3 Å². The molecule has 0 spiro atoms. The number of amides is 1. The van der Waals surface area contributed by atoms with Crippen LogP contribution >= 0.6 is 0 Å². The second kappa shape index (κ2) is 8.84. The molecule has 28 heavy (non-hydrogen) atoms. The van der Waals surface area contributed by atoms with Crippen LogP contribution in [0.4, 0.5) is 15.8 Å². The molecule has 0 radical (unpaired) electrons. The molecule has 1 saturated heterocycles. The van der Waals surface area contributed by atoms with E-state index >= 15 is 0 Å². The number of hydrogen-bond acceptors (Lipinski definition) is 4. The first-order valence-corrected chi connectivity index (χ1v) is 9.36. The number of carboxylic acids is 1. The van der Waals surface area contributed by atoms with Gasteiger partial charge in [0.25, 0.3) is 0 Å². The molecule has 2 aromatic carbocycles. The number of carboxylic acid groups (broad SMARTS) is 1. The van der Waals surface area contributed by atoms with Crippen LogP contribution in [-0.4, -0.2) is 48.1 Å². The van der Waals surface area contributed by atoms with Gasteiger partial charge in [-0.15, -0.1) is 0 Å². The Labute approximate surface area is 163 Å². The highest BCUT2D eigenvalue weighted by Gasteiger charge is 2.20. The van der Waals surface area contributed by atoms with Crippen molar-refractivity contribution >= 4 is 23.3 Å². The van der Waals surface area contributed by atoms with Crippen molar-refractivity contribution in [2.75, 3.05) is 36.4 Å². The van der Waals surface area contributed by atoms with E-state index in [0.717, 1.165) is 18.8 Å². The lowest BCUT2D eigenvalue weighted by molar-refractivity contribution is -0.115. The highest BCUT2D eigenvalue weighted by atomic mass is 19.1. The number of halogens is 1. The van der Waals surface area contributed by atoms with Gasteiger partial charge in [-0.1, -0.05) is 25.1 Å². The summed E-state index contributed by atoms with van der Waals surface area (Å²) in [6.07, 6.45) is 0.283. The summed E-state index contributed by atoms with van der Waals surface area (Å²) in [6, 6.07) is 11.8. The van der Waals surface area contributed by atoms with Gasteiger partial charge in [0.2, 0.25) is 5.91 Å². The van der Waals surface area contributed by atoms with Crippen LogP contribution < -0.4 is 10.2 Å². The van der Waals surface area contributed by atoms with E-state index in [1.807, 2.05) is 12.1 Å². The zero-order valence-electron chi connectivity index (χ0n) is 15.8. The lowest BCUT2D eigenvalue weighted by atomic mass is 10.1. The number of nitrogens with one attached hydrogen (secondary N) is 1. The van der Waals surface area contributed by atoms with Crippen molar-refractivity contribution in [3.05, 3.63) is 59.4 Å². The summed E-state index contributed by atoms with van der Waals surface area (Å²) in [5, 5.41) is 12.1. The van der Waals surface area contributed by atoms with Crippen LogP contribution in [0.15, 0.2) is 42.5 Å². The van der Waals surface area contributed by atoms with Crippen molar-refractivity contribution in [1.82, 2.24) is 4.90 Å². The lowest BCUT2D eigenvalue weighted by Crippen LogP contribution is -2.46. The third kappa shape index (κ3) is 4.67. The van der Waals surface area contributed by atoms with Crippen molar-refractivity contribution in [3.63, 3.8) is 0 Å². The van der Waals surface area contributed by atoms with Gasteiger partial charge in [0.05, 0.1) is 11.3 Å². The molecule has 1 heterocycles. The minimum Gasteiger partial charge on any atom is -0.478 e. The molecular weight excluding hydrogens is 361 g/mol. The summed E-state index contributed by atoms with van der Waals surface area (Å²) >= 11 is 0. The number of piperazine rings is 1. The fourth-order valence-electron chi connectivity index (χ4n) is 3.29. The molecule has 1 aliphatic heterocycles. The summed E-state index contributed by atoms with van der Waals surface area (Å²) in [4.78, 5) is 27.5. The molecule has 0 atom stereocenters. The average molecular weight is 385 g/mol. The molecular formula is C21H24FN3O3. The molecule has 6 nitrogen and oxygen atoms in total. The van der Waals surface area contributed by atoms with Crippen LogP contribution in [0.5, 0.6) is 0 Å². The molecule has 0 unspecified atom stereocenters. The van der Waals surface area contributed by atoms with E-state index in [9.17, 15) is 19.1 Å². The minimum absolute atomic E-state index is 0.0769. The van der Waals surface area contributed by atoms with Crippen LogP contribution in [0, 0.1) is 5.82 Å². The average Bonchev–Trinajstić information content (AvgIpc) is 2.70. The van der Waals surface area contributed by atoms with Gasteiger partial charge in [0, 0.05) is 50.4 Å². The monoisotopic (exact) mass is 385 g/mol. The smallest absolute Gasteiger partial charge is 0.337 e. The summed E-state index contributed by atoms with van der Waals surface area (Å²) in [5.41, 5.74) is 1.87. The number of rotatable bonds is 6. The van der Waals surface area contributed by atoms with E-state index in [4.69, 9.17) is 0 Å². The molecule has 1 fully saturated rings. The van der Waals surface area contributed by atoms with Gasteiger partial charge in [-0.05, 0) is 24.3 Å². The van der Waals surface area contributed by atoms with Crippen LogP contribution in [0.25, 0.3) is 0 Å². The van der Waals surface area contributed by atoms with Crippen molar-refractivity contribution in [2.45, 2.75) is 19.9 Å². The predicted molar refractivity (Wildman–Crippen MR) is 106 cm³/mol. The minimum atomic E-state index is -1.08. The zero-order chi connectivity index (χ0) is 20.1. The molecule has 148 valence electrons. The van der Waals surface area contributed by atoms with Crippen LogP contribution in [0.3, 0.4) is 0 Å². The maximum absolute atomic E-state index is 13.8. The Morgan fingerprint density at radius 1 is 1.11 bits per heavy atom. The van der Waals surface area contributed by atoms with E-state index in [1.54, 1.807) is 31.2 Å². The first-order valence-electron chi connectivity index (χ1n) is 9.36. The van der Waals surface area contributed by atoms with Gasteiger partial charge in [-0.2, -0.15) is 0 Å². The lowest BCUT2D eigenvalue weighted by Gasteiger charge is -2.36. The topological polar surface area (TPSA) is 72.9 Å². The summed E-state index contributed by atoms with van der Waals surface area (Å²) in [6.45, 7) is 5.21. The molecule has 0 aliphatic carbocycles. The quantitative estimate of drug-likeness (QED) is 0.799. The van der Waals surface area contributed by atoms with E-state index in [2.05, 4.69) is 15.1 Å². The van der Waals surface area contributed by atoms with E-state index < -0.39 is 5.97 Å². The summed E-state index contributed by atoms with van der Waals surface area (Å²) in [5.74, 6) is -1.50. The SMILES string of the molecule is CCC(=O)Nc1ccc(N2CCN(Cc3ccccc3F)CC2)cc1C(=O)O. The number of nitrogens with zero attached hydrogens (tertiary/aromatic N) is 2. The molecule has 0 bridgehead atoms. The first-order chi connectivity index (χ1) is 13.5. The highest BCUT2D eigenvalue weighted by Crippen LogP contribution is 2.25. The third-order valence-corrected chi connectivity index (χ3v) is 4.92. The molecule has 3 rings (SSSR count). The number of hydrogen-bond donors (Lipinski definition) is 2. The van der Waals surface area contributed by atoms with Gasteiger partial charge >= 0.3 is 5.97 Å². The summed E-state index contributed by atoms with van der Waals surface area (Å²) < 4.78 is 13.8. The number of aromatic carboxylic acids is 1. The molecule has 0 saturated carbocycles. The fraction of sp³-hybridized carbons (Fsp3) is 0.333. The van der Waals surface area contributed by atoms with E-state index in [1.165, 1.54) is 6.07 Å².